The summed E-state index contributed by atoms with van der Waals surface area (Å²) >= 11 is 1.04. The number of carbonyl (C=O) groups is 1. The maximum atomic E-state index is 13.7. The van der Waals surface area contributed by atoms with Gasteiger partial charge in [-0.1, -0.05) is 17.8 Å². The number of aryl methyl sites for hydroxylation is 1. The topological polar surface area (TPSA) is 54.9 Å². The van der Waals surface area contributed by atoms with E-state index < -0.39 is 41.6 Å². The predicted molar refractivity (Wildman–Crippen MR) is 117 cm³/mol. The minimum Gasteiger partial charge on any atom is -0.354 e. The predicted octanol–water partition coefficient (Wildman–Crippen LogP) is 6.30. The number of nitrogens with one attached hydrogen (secondary N) is 1. The third-order valence-electron chi connectivity index (χ3n) is 5.06. The van der Waals surface area contributed by atoms with Crippen molar-refractivity contribution in [1.29, 1.82) is 0 Å². The van der Waals surface area contributed by atoms with Gasteiger partial charge in [-0.25, -0.2) is 14.4 Å². The summed E-state index contributed by atoms with van der Waals surface area (Å²) in [5.74, 6) is -1.22. The van der Waals surface area contributed by atoms with Crippen molar-refractivity contribution in [3.8, 4) is 11.1 Å². The third kappa shape index (κ3) is 5.92. The Hall–Kier alpha value is -3.15. The Balaban J connectivity index is 2.31. The zero-order valence-electron chi connectivity index (χ0n) is 18.5. The maximum absolute atomic E-state index is 13.7. The summed E-state index contributed by atoms with van der Waals surface area (Å²) in [4.78, 5) is 21.2. The Morgan fingerprint density at radius 2 is 1.57 bits per heavy atom. The van der Waals surface area contributed by atoms with E-state index in [9.17, 15) is 35.5 Å². The molecule has 4 nitrogen and oxygen atoms in total. The Morgan fingerprint density at radius 3 is 2.06 bits per heavy atom. The second-order valence-corrected chi connectivity index (χ2v) is 8.28. The molecule has 3 aromatic rings. The summed E-state index contributed by atoms with van der Waals surface area (Å²) in [5, 5.41) is 2.50. The lowest BCUT2D eigenvalue weighted by Gasteiger charge is -2.18. The lowest BCUT2D eigenvalue weighted by molar-refractivity contribution is -0.143. The molecule has 0 aliphatic heterocycles. The van der Waals surface area contributed by atoms with Crippen molar-refractivity contribution >= 4 is 17.7 Å². The number of carbonyl (C=O) groups excluding carboxylic acids is 1. The number of rotatable bonds is 5. The first-order valence-corrected chi connectivity index (χ1v) is 11.2. The maximum Gasteiger partial charge on any atom is 0.416 e. The van der Waals surface area contributed by atoms with Crippen LogP contribution in [0, 0.1) is 12.7 Å². The molecule has 0 fully saturated rings. The normalized spacial score (nSPS) is 12.1. The summed E-state index contributed by atoms with van der Waals surface area (Å²) in [6.45, 7) is 1.55. The van der Waals surface area contributed by atoms with Crippen molar-refractivity contribution in [3.05, 3.63) is 75.9 Å². The second kappa shape index (κ2) is 9.84. The van der Waals surface area contributed by atoms with E-state index in [2.05, 4.69) is 15.3 Å². The molecule has 0 saturated heterocycles. The van der Waals surface area contributed by atoms with E-state index in [0.29, 0.717) is 23.3 Å². The van der Waals surface area contributed by atoms with Gasteiger partial charge in [-0.2, -0.15) is 26.3 Å². The van der Waals surface area contributed by atoms with Crippen molar-refractivity contribution in [2.75, 3.05) is 13.3 Å². The average molecular weight is 517 g/mol. The number of hydrogen-bond acceptors (Lipinski definition) is 4. The highest BCUT2D eigenvalue weighted by molar-refractivity contribution is 7.98. The minimum atomic E-state index is -5.02. The van der Waals surface area contributed by atoms with Gasteiger partial charge in [0.1, 0.15) is 11.5 Å². The van der Waals surface area contributed by atoms with E-state index in [1.807, 2.05) is 0 Å². The molecule has 186 valence electrons. The molecular weight excluding hydrogens is 499 g/mol. The molecule has 0 saturated carbocycles. The Labute approximate surface area is 200 Å². The molecule has 12 heteroatoms. The van der Waals surface area contributed by atoms with E-state index >= 15 is 0 Å². The first kappa shape index (κ1) is 26.5. The summed E-state index contributed by atoms with van der Waals surface area (Å²) in [5.41, 5.74) is -2.59. The molecule has 1 N–H and O–H groups in total. The van der Waals surface area contributed by atoms with Gasteiger partial charge < -0.3 is 5.32 Å². The lowest BCUT2D eigenvalue weighted by atomic mass is 9.93. The molecule has 1 heterocycles. The van der Waals surface area contributed by atoms with Gasteiger partial charge in [0, 0.05) is 19.0 Å². The van der Waals surface area contributed by atoms with Gasteiger partial charge in [0.15, 0.2) is 5.16 Å². The zero-order valence-corrected chi connectivity index (χ0v) is 19.3. The van der Waals surface area contributed by atoms with Gasteiger partial charge in [-0.05, 0) is 60.2 Å². The van der Waals surface area contributed by atoms with E-state index in [4.69, 9.17) is 0 Å². The van der Waals surface area contributed by atoms with Crippen molar-refractivity contribution in [3.63, 3.8) is 0 Å². The highest BCUT2D eigenvalue weighted by atomic mass is 32.2. The van der Waals surface area contributed by atoms with Crippen molar-refractivity contribution in [2.24, 2.45) is 0 Å². The van der Waals surface area contributed by atoms with Crippen LogP contribution in [0.15, 0.2) is 41.6 Å². The van der Waals surface area contributed by atoms with Gasteiger partial charge in [0.2, 0.25) is 0 Å². The van der Waals surface area contributed by atoms with Gasteiger partial charge in [-0.3, -0.25) is 4.79 Å². The molecule has 0 aliphatic carbocycles. The van der Waals surface area contributed by atoms with Gasteiger partial charge in [0.05, 0.1) is 16.8 Å². The van der Waals surface area contributed by atoms with E-state index in [1.165, 1.54) is 19.2 Å². The molecule has 0 spiro atoms. The first-order chi connectivity index (χ1) is 16.2. The van der Waals surface area contributed by atoms with Crippen LogP contribution in [0.3, 0.4) is 0 Å². The minimum absolute atomic E-state index is 0.0186. The number of alkyl halides is 6. The third-order valence-corrected chi connectivity index (χ3v) is 5.61. The summed E-state index contributed by atoms with van der Waals surface area (Å²) in [6, 6.07) is 4.91. The Kier molecular flexibility index (Phi) is 7.44. The van der Waals surface area contributed by atoms with Crippen LogP contribution in [-0.2, 0) is 18.8 Å². The van der Waals surface area contributed by atoms with Crippen LogP contribution in [0.5, 0.6) is 0 Å². The van der Waals surface area contributed by atoms with Crippen LogP contribution < -0.4 is 5.32 Å². The molecule has 0 unspecified atom stereocenters. The summed E-state index contributed by atoms with van der Waals surface area (Å²) in [7, 11) is 1.34. The van der Waals surface area contributed by atoms with Gasteiger partial charge >= 0.3 is 12.4 Å². The molecule has 1 amide bonds. The average Bonchev–Trinajstić information content (AvgIpc) is 2.77. The summed E-state index contributed by atoms with van der Waals surface area (Å²) in [6.07, 6.45) is -8.91. The smallest absolute Gasteiger partial charge is 0.354 e. The molecule has 3 rings (SSSR count). The standard InChI is InChI=1S/C23H18F7N3OS/c1-11-6-15(24)4-5-16(11)18-17(32-21(35-3)33-19(18)20(34)31-2)9-12-7-13(22(25,26)27)10-14(8-12)23(28,29)30/h4-8,10H,9H2,1-3H3,(H,31,34). The fourth-order valence-electron chi connectivity index (χ4n) is 3.49. The highest BCUT2D eigenvalue weighted by Crippen LogP contribution is 2.38. The molecule has 2 aromatic carbocycles. The van der Waals surface area contributed by atoms with Crippen LogP contribution in [0.4, 0.5) is 30.7 Å². The number of halogens is 7. The molecule has 1 aromatic heterocycles. The number of nitrogens with zero attached hydrogens (tertiary/aromatic N) is 2. The molecular formula is C23H18F7N3OS. The number of amides is 1. The van der Waals surface area contributed by atoms with Crippen LogP contribution in [0.2, 0.25) is 0 Å². The van der Waals surface area contributed by atoms with Crippen LogP contribution in [0.25, 0.3) is 11.1 Å². The highest BCUT2D eigenvalue weighted by Gasteiger charge is 2.37. The van der Waals surface area contributed by atoms with Crippen molar-refractivity contribution in [1.82, 2.24) is 15.3 Å². The Morgan fingerprint density at radius 1 is 0.971 bits per heavy atom. The number of thioether (sulfide) groups is 1. The van der Waals surface area contributed by atoms with E-state index in [0.717, 1.165) is 17.8 Å². The number of hydrogen-bond donors (Lipinski definition) is 1. The fourth-order valence-corrected chi connectivity index (χ4v) is 3.88. The lowest BCUT2D eigenvalue weighted by Crippen LogP contribution is -2.22. The molecule has 0 aliphatic rings. The molecule has 35 heavy (non-hydrogen) atoms. The molecule has 0 radical (unpaired) electrons. The first-order valence-electron chi connectivity index (χ1n) is 9.96. The largest absolute Gasteiger partial charge is 0.416 e. The quantitative estimate of drug-likeness (QED) is 0.245. The van der Waals surface area contributed by atoms with E-state index in [-0.39, 0.29) is 33.7 Å². The second-order valence-electron chi connectivity index (χ2n) is 7.51. The molecule has 0 atom stereocenters. The van der Waals surface area contributed by atoms with Crippen molar-refractivity contribution < 1.29 is 35.5 Å². The Bertz CT molecular complexity index is 1240. The monoisotopic (exact) mass is 517 g/mol. The summed E-state index contributed by atoms with van der Waals surface area (Å²) < 4.78 is 93.9. The zero-order chi connectivity index (χ0) is 26.1. The number of aromatic nitrogens is 2. The van der Waals surface area contributed by atoms with Crippen LogP contribution >= 0.6 is 11.8 Å². The van der Waals surface area contributed by atoms with E-state index in [1.54, 1.807) is 13.2 Å². The van der Waals surface area contributed by atoms with Gasteiger partial charge in [-0.15, -0.1) is 0 Å². The fraction of sp³-hybridized carbons (Fsp3) is 0.261. The van der Waals surface area contributed by atoms with Crippen LogP contribution in [0.1, 0.15) is 38.4 Å². The van der Waals surface area contributed by atoms with Crippen molar-refractivity contribution in [2.45, 2.75) is 30.9 Å². The van der Waals surface area contributed by atoms with Gasteiger partial charge in [0.25, 0.3) is 5.91 Å². The molecule has 0 bridgehead atoms. The van der Waals surface area contributed by atoms with Crippen LogP contribution in [-0.4, -0.2) is 29.2 Å². The SMILES string of the molecule is CNC(=O)c1nc(SC)nc(Cc2cc(C(F)(F)F)cc(C(F)(F)F)c2)c1-c1ccc(F)cc1C. The number of benzene rings is 2.